The summed E-state index contributed by atoms with van der Waals surface area (Å²) in [6.07, 6.45) is 3.72. The lowest BCUT2D eigenvalue weighted by atomic mass is 9.99. The van der Waals surface area contributed by atoms with Crippen molar-refractivity contribution in [3.8, 4) is 0 Å². The molecule has 3 heteroatoms. The minimum absolute atomic E-state index is 0.266. The van der Waals surface area contributed by atoms with E-state index in [1.54, 1.807) is 0 Å². The van der Waals surface area contributed by atoms with Gasteiger partial charge in [0, 0.05) is 18.7 Å². The van der Waals surface area contributed by atoms with Gasteiger partial charge in [-0.3, -0.25) is 0 Å². The maximum Gasteiger partial charge on any atom is 0.0565 e. The predicted octanol–water partition coefficient (Wildman–Crippen LogP) is 1.30. The van der Waals surface area contributed by atoms with Crippen LogP contribution in [0.5, 0.6) is 0 Å². The third kappa shape index (κ3) is 3.95. The topological polar surface area (TPSA) is 41.5 Å². The first kappa shape index (κ1) is 12.0. The lowest BCUT2D eigenvalue weighted by Crippen LogP contribution is -2.45. The van der Waals surface area contributed by atoms with Crippen LogP contribution in [0.2, 0.25) is 0 Å². The van der Waals surface area contributed by atoms with Gasteiger partial charge >= 0.3 is 0 Å². The Hall–Kier alpha value is -0.120. The molecule has 0 spiro atoms. The van der Waals surface area contributed by atoms with Gasteiger partial charge in [0.1, 0.15) is 0 Å². The molecule has 3 nitrogen and oxygen atoms in total. The maximum atomic E-state index is 8.81. The van der Waals surface area contributed by atoms with Crippen LogP contribution in [0.4, 0.5) is 0 Å². The highest BCUT2D eigenvalue weighted by Crippen LogP contribution is 2.19. The molecule has 0 saturated carbocycles. The molecule has 1 fully saturated rings. The van der Waals surface area contributed by atoms with Crippen molar-refractivity contribution in [1.29, 1.82) is 0 Å². The van der Waals surface area contributed by atoms with E-state index in [4.69, 9.17) is 9.84 Å². The van der Waals surface area contributed by atoms with Crippen molar-refractivity contribution in [3.05, 3.63) is 0 Å². The third-order valence-electron chi connectivity index (χ3n) is 2.78. The number of aliphatic hydroxyl groups excluding tert-OH is 1. The molecule has 14 heavy (non-hydrogen) atoms. The van der Waals surface area contributed by atoms with Gasteiger partial charge in [0.05, 0.1) is 12.2 Å². The second-order valence-corrected chi connectivity index (χ2v) is 4.51. The second-order valence-electron chi connectivity index (χ2n) is 4.51. The van der Waals surface area contributed by atoms with Crippen LogP contribution in [0.15, 0.2) is 0 Å². The molecular weight excluding hydrogens is 178 g/mol. The zero-order valence-electron chi connectivity index (χ0n) is 9.49. The van der Waals surface area contributed by atoms with E-state index in [0.717, 1.165) is 19.3 Å². The van der Waals surface area contributed by atoms with Crippen LogP contribution in [0, 0.1) is 0 Å². The summed E-state index contributed by atoms with van der Waals surface area (Å²) < 4.78 is 5.67. The Kier molecular flexibility index (Phi) is 4.85. The second kappa shape index (κ2) is 5.69. The Morgan fingerprint density at radius 1 is 1.36 bits per heavy atom. The van der Waals surface area contributed by atoms with E-state index in [-0.39, 0.29) is 6.61 Å². The Labute approximate surface area is 86.8 Å². The first-order valence-corrected chi connectivity index (χ1v) is 5.64. The summed E-state index contributed by atoms with van der Waals surface area (Å²) in [6.45, 7) is 6.64. The molecular formula is C11H23NO2. The van der Waals surface area contributed by atoms with E-state index in [9.17, 15) is 0 Å². The monoisotopic (exact) mass is 201 g/mol. The lowest BCUT2D eigenvalue weighted by Gasteiger charge is -2.34. The first-order chi connectivity index (χ1) is 6.61. The van der Waals surface area contributed by atoms with Crippen molar-refractivity contribution in [2.75, 3.05) is 6.61 Å². The SMILES string of the molecule is CC(CCO)NC1CC(C)OC(C)C1. The largest absolute Gasteiger partial charge is 0.396 e. The number of aliphatic hydroxyl groups is 1. The Balaban J connectivity index is 2.29. The molecule has 1 saturated heterocycles. The standard InChI is InChI=1S/C11H23NO2/c1-8(4-5-13)12-11-6-9(2)14-10(3)7-11/h8-13H,4-7H2,1-3H3. The van der Waals surface area contributed by atoms with E-state index in [1.807, 2.05) is 0 Å². The molecule has 1 rings (SSSR count). The van der Waals surface area contributed by atoms with E-state index in [2.05, 4.69) is 26.1 Å². The minimum Gasteiger partial charge on any atom is -0.396 e. The van der Waals surface area contributed by atoms with Crippen LogP contribution in [0.3, 0.4) is 0 Å². The van der Waals surface area contributed by atoms with Gasteiger partial charge in [0.2, 0.25) is 0 Å². The predicted molar refractivity (Wildman–Crippen MR) is 57.3 cm³/mol. The Morgan fingerprint density at radius 2 is 1.93 bits per heavy atom. The summed E-state index contributed by atoms with van der Waals surface area (Å²) in [5.74, 6) is 0. The Bertz CT molecular complexity index is 153. The van der Waals surface area contributed by atoms with Gasteiger partial charge in [-0.2, -0.15) is 0 Å². The van der Waals surface area contributed by atoms with Gasteiger partial charge in [-0.05, 0) is 40.0 Å². The summed E-state index contributed by atoms with van der Waals surface area (Å²) in [5, 5.41) is 12.3. The zero-order chi connectivity index (χ0) is 10.6. The summed E-state index contributed by atoms with van der Waals surface area (Å²) in [7, 11) is 0. The van der Waals surface area contributed by atoms with Gasteiger partial charge in [-0.1, -0.05) is 0 Å². The van der Waals surface area contributed by atoms with Crippen molar-refractivity contribution in [3.63, 3.8) is 0 Å². The first-order valence-electron chi connectivity index (χ1n) is 5.64. The van der Waals surface area contributed by atoms with Crippen LogP contribution in [0.1, 0.15) is 40.0 Å². The minimum atomic E-state index is 0.266. The summed E-state index contributed by atoms with van der Waals surface area (Å²) >= 11 is 0. The molecule has 84 valence electrons. The molecule has 0 amide bonds. The fourth-order valence-electron chi connectivity index (χ4n) is 2.22. The molecule has 3 atom stereocenters. The van der Waals surface area contributed by atoms with Crippen molar-refractivity contribution in [2.45, 2.75) is 64.3 Å². The molecule has 3 unspecified atom stereocenters. The third-order valence-corrected chi connectivity index (χ3v) is 2.78. The molecule has 0 aromatic heterocycles. The molecule has 1 heterocycles. The van der Waals surface area contributed by atoms with Crippen LogP contribution < -0.4 is 5.32 Å². The quantitative estimate of drug-likeness (QED) is 0.720. The molecule has 0 radical (unpaired) electrons. The Morgan fingerprint density at radius 3 is 2.43 bits per heavy atom. The van der Waals surface area contributed by atoms with Gasteiger partial charge < -0.3 is 15.2 Å². The molecule has 0 aromatic rings. The van der Waals surface area contributed by atoms with E-state index in [0.29, 0.717) is 24.3 Å². The van der Waals surface area contributed by atoms with E-state index >= 15 is 0 Å². The highest BCUT2D eigenvalue weighted by Gasteiger charge is 2.24. The molecule has 2 N–H and O–H groups in total. The van der Waals surface area contributed by atoms with Crippen LogP contribution in [-0.4, -0.2) is 36.0 Å². The van der Waals surface area contributed by atoms with Crippen molar-refractivity contribution in [1.82, 2.24) is 5.32 Å². The molecule has 0 bridgehead atoms. The normalized spacial score (nSPS) is 35.6. The van der Waals surface area contributed by atoms with Crippen LogP contribution in [-0.2, 0) is 4.74 Å². The highest BCUT2D eigenvalue weighted by molar-refractivity contribution is 4.80. The number of nitrogens with one attached hydrogen (secondary N) is 1. The summed E-state index contributed by atoms with van der Waals surface area (Å²) in [4.78, 5) is 0. The van der Waals surface area contributed by atoms with Crippen molar-refractivity contribution < 1.29 is 9.84 Å². The van der Waals surface area contributed by atoms with Gasteiger partial charge in [0.25, 0.3) is 0 Å². The lowest BCUT2D eigenvalue weighted by molar-refractivity contribution is -0.0435. The maximum absolute atomic E-state index is 8.81. The fourth-order valence-corrected chi connectivity index (χ4v) is 2.22. The summed E-state index contributed by atoms with van der Waals surface area (Å²) in [6, 6.07) is 0.956. The van der Waals surface area contributed by atoms with Gasteiger partial charge in [-0.15, -0.1) is 0 Å². The van der Waals surface area contributed by atoms with Gasteiger partial charge in [-0.25, -0.2) is 0 Å². The smallest absolute Gasteiger partial charge is 0.0565 e. The van der Waals surface area contributed by atoms with Crippen LogP contribution >= 0.6 is 0 Å². The number of rotatable bonds is 4. The molecule has 0 aromatic carbocycles. The molecule has 0 aliphatic carbocycles. The number of hydrogen-bond acceptors (Lipinski definition) is 3. The summed E-state index contributed by atoms with van der Waals surface area (Å²) in [5.41, 5.74) is 0. The fraction of sp³-hybridized carbons (Fsp3) is 1.00. The molecule has 1 aliphatic rings. The van der Waals surface area contributed by atoms with Crippen LogP contribution in [0.25, 0.3) is 0 Å². The highest BCUT2D eigenvalue weighted by atomic mass is 16.5. The van der Waals surface area contributed by atoms with E-state index in [1.165, 1.54) is 0 Å². The number of hydrogen-bond donors (Lipinski definition) is 2. The average molecular weight is 201 g/mol. The average Bonchev–Trinajstić information content (AvgIpc) is 2.01. The zero-order valence-corrected chi connectivity index (χ0v) is 9.49. The van der Waals surface area contributed by atoms with Crippen molar-refractivity contribution in [2.24, 2.45) is 0 Å². The molecule has 1 aliphatic heterocycles. The number of ether oxygens (including phenoxy) is 1. The van der Waals surface area contributed by atoms with Gasteiger partial charge in [0.15, 0.2) is 0 Å². The van der Waals surface area contributed by atoms with E-state index < -0.39 is 0 Å². The van der Waals surface area contributed by atoms with Crippen molar-refractivity contribution >= 4 is 0 Å².